The van der Waals surface area contributed by atoms with Crippen LogP contribution >= 0.6 is 0 Å². The van der Waals surface area contributed by atoms with Crippen molar-refractivity contribution in [1.82, 2.24) is 0 Å². The third kappa shape index (κ3) is 21.6. The minimum absolute atomic E-state index is 0. The van der Waals surface area contributed by atoms with Crippen LogP contribution < -0.4 is 29.6 Å². The van der Waals surface area contributed by atoms with Crippen LogP contribution in [0.3, 0.4) is 0 Å². The Morgan fingerprint density at radius 1 is 0.720 bits per heavy atom. The molecule has 0 aromatic heterocycles. The van der Waals surface area contributed by atoms with Crippen molar-refractivity contribution in [2.24, 2.45) is 11.8 Å². The Kier molecular flexibility index (Phi) is 19.9. The maximum Gasteiger partial charge on any atom is 1.00 e. The summed E-state index contributed by atoms with van der Waals surface area (Å²) in [5.41, 5.74) is 0. The molecule has 5 heteroatoms. The summed E-state index contributed by atoms with van der Waals surface area (Å²) in [6, 6.07) is 0. The van der Waals surface area contributed by atoms with E-state index in [1.807, 2.05) is 0 Å². The molecular formula is C20H37NaO4. The summed E-state index contributed by atoms with van der Waals surface area (Å²) in [5, 5.41) is 0. The summed E-state index contributed by atoms with van der Waals surface area (Å²) in [6.45, 7) is 9.63. The second-order valence-electron chi connectivity index (χ2n) is 7.15. The van der Waals surface area contributed by atoms with E-state index in [9.17, 15) is 9.59 Å². The zero-order valence-corrected chi connectivity index (χ0v) is 19.0. The standard InChI is InChI=1S/C20H36O4.Na.H/c1-17(2)11-7-5-9-15-23-19(21)13-14-20(22)24-16-10-6-8-12-18(3)4;;/h13-14,17-18H,5-12,15-16H2,1-4H3;;/q;+1;-1/b14-13-;;. The van der Waals surface area contributed by atoms with Crippen molar-refractivity contribution in [3.63, 3.8) is 0 Å². The van der Waals surface area contributed by atoms with Crippen molar-refractivity contribution in [2.45, 2.75) is 79.1 Å². The molecule has 0 saturated heterocycles. The van der Waals surface area contributed by atoms with E-state index in [4.69, 9.17) is 9.47 Å². The molecule has 0 aliphatic rings. The summed E-state index contributed by atoms with van der Waals surface area (Å²) in [7, 11) is 0. The van der Waals surface area contributed by atoms with Gasteiger partial charge in [0, 0.05) is 12.2 Å². The first-order valence-corrected chi connectivity index (χ1v) is 9.43. The maximum absolute atomic E-state index is 11.5. The van der Waals surface area contributed by atoms with Crippen molar-refractivity contribution < 1.29 is 50.0 Å². The van der Waals surface area contributed by atoms with Crippen LogP contribution in [0.2, 0.25) is 0 Å². The summed E-state index contributed by atoms with van der Waals surface area (Å²) < 4.78 is 10.1. The predicted octanol–water partition coefficient (Wildman–Crippen LogP) is 2.18. The first kappa shape index (κ1) is 26.9. The molecule has 0 aromatic carbocycles. The third-order valence-corrected chi connectivity index (χ3v) is 3.70. The van der Waals surface area contributed by atoms with Gasteiger partial charge >= 0.3 is 41.5 Å². The molecule has 0 fully saturated rings. The summed E-state index contributed by atoms with van der Waals surface area (Å²) in [5.74, 6) is 0.480. The van der Waals surface area contributed by atoms with Crippen molar-refractivity contribution in [3.05, 3.63) is 12.2 Å². The van der Waals surface area contributed by atoms with Crippen molar-refractivity contribution in [1.29, 1.82) is 0 Å². The number of carbonyl (C=O) groups excluding carboxylic acids is 2. The molecule has 0 aromatic rings. The van der Waals surface area contributed by atoms with Gasteiger partial charge in [0.2, 0.25) is 0 Å². The number of hydrogen-bond donors (Lipinski definition) is 0. The molecule has 0 bridgehead atoms. The van der Waals surface area contributed by atoms with E-state index in [1.54, 1.807) is 0 Å². The first-order chi connectivity index (χ1) is 11.4. The van der Waals surface area contributed by atoms with Crippen LogP contribution in [0.5, 0.6) is 0 Å². The van der Waals surface area contributed by atoms with E-state index in [2.05, 4.69) is 27.7 Å². The molecule has 0 spiro atoms. The van der Waals surface area contributed by atoms with E-state index in [-0.39, 0.29) is 31.0 Å². The maximum atomic E-state index is 11.5. The number of carbonyl (C=O) groups is 2. The monoisotopic (exact) mass is 364 g/mol. The molecule has 142 valence electrons. The zero-order valence-electron chi connectivity index (χ0n) is 18.0. The summed E-state index contributed by atoms with van der Waals surface area (Å²) in [4.78, 5) is 22.9. The topological polar surface area (TPSA) is 52.6 Å². The number of esters is 2. The van der Waals surface area contributed by atoms with Gasteiger partial charge in [-0.15, -0.1) is 0 Å². The van der Waals surface area contributed by atoms with Gasteiger partial charge in [0.1, 0.15) is 0 Å². The Hall–Kier alpha value is -0.320. The normalized spacial score (nSPS) is 11.0. The van der Waals surface area contributed by atoms with E-state index in [0.29, 0.717) is 13.2 Å². The van der Waals surface area contributed by atoms with Crippen LogP contribution in [0.25, 0.3) is 0 Å². The molecule has 0 aliphatic heterocycles. The Morgan fingerprint density at radius 2 is 1.08 bits per heavy atom. The van der Waals surface area contributed by atoms with Gasteiger partial charge in [-0.2, -0.15) is 0 Å². The smallest absolute Gasteiger partial charge is 1.00 e. The predicted molar refractivity (Wildman–Crippen MR) is 98.8 cm³/mol. The van der Waals surface area contributed by atoms with Gasteiger partial charge in [-0.05, 0) is 24.7 Å². The zero-order chi connectivity index (χ0) is 18.2. The van der Waals surface area contributed by atoms with Crippen LogP contribution in [0.4, 0.5) is 0 Å². The van der Waals surface area contributed by atoms with E-state index >= 15 is 0 Å². The molecule has 0 aliphatic carbocycles. The quantitative estimate of drug-likeness (QED) is 0.205. The van der Waals surface area contributed by atoms with Crippen LogP contribution in [-0.4, -0.2) is 25.2 Å². The van der Waals surface area contributed by atoms with Crippen molar-refractivity contribution in [2.75, 3.05) is 13.2 Å². The SMILES string of the molecule is CC(C)CCCCCOC(=O)/C=C\C(=O)OCCCCCC(C)C.[H-].[Na+]. The molecule has 0 amide bonds. The molecule has 0 heterocycles. The average molecular weight is 365 g/mol. The third-order valence-electron chi connectivity index (χ3n) is 3.70. The number of rotatable bonds is 14. The Labute approximate surface area is 177 Å². The van der Waals surface area contributed by atoms with Gasteiger partial charge in [0.15, 0.2) is 0 Å². The van der Waals surface area contributed by atoms with Gasteiger partial charge in [-0.3, -0.25) is 0 Å². The molecule has 0 radical (unpaired) electrons. The molecule has 0 unspecified atom stereocenters. The number of ether oxygens (including phenoxy) is 2. The van der Waals surface area contributed by atoms with Gasteiger partial charge in [0.05, 0.1) is 13.2 Å². The minimum Gasteiger partial charge on any atom is -1.00 e. The van der Waals surface area contributed by atoms with Gasteiger partial charge in [0.25, 0.3) is 0 Å². The molecule has 4 nitrogen and oxygen atoms in total. The molecule has 0 N–H and O–H groups in total. The van der Waals surface area contributed by atoms with E-state index in [1.165, 1.54) is 12.8 Å². The summed E-state index contributed by atoms with van der Waals surface area (Å²) in [6.07, 6.45) is 10.9. The molecule has 0 saturated carbocycles. The van der Waals surface area contributed by atoms with Crippen LogP contribution in [-0.2, 0) is 19.1 Å². The van der Waals surface area contributed by atoms with Crippen molar-refractivity contribution in [3.8, 4) is 0 Å². The minimum atomic E-state index is -0.479. The Balaban J connectivity index is -0.00000264. The first-order valence-electron chi connectivity index (χ1n) is 9.43. The second kappa shape index (κ2) is 18.5. The second-order valence-corrected chi connectivity index (χ2v) is 7.15. The van der Waals surface area contributed by atoms with Crippen LogP contribution in [0.1, 0.15) is 80.5 Å². The van der Waals surface area contributed by atoms with Crippen LogP contribution in [0, 0.1) is 11.8 Å². The van der Waals surface area contributed by atoms with Gasteiger partial charge in [-0.25, -0.2) is 9.59 Å². The number of hydrogen-bond acceptors (Lipinski definition) is 4. The Bertz CT molecular complexity index is 337. The average Bonchev–Trinajstić information content (AvgIpc) is 2.51. The van der Waals surface area contributed by atoms with Crippen molar-refractivity contribution >= 4 is 11.9 Å². The molecule has 25 heavy (non-hydrogen) atoms. The fraction of sp³-hybridized carbons (Fsp3) is 0.800. The Morgan fingerprint density at radius 3 is 1.40 bits per heavy atom. The van der Waals surface area contributed by atoms with Gasteiger partial charge in [-0.1, -0.05) is 66.2 Å². The molecular weight excluding hydrogens is 327 g/mol. The molecule has 0 rings (SSSR count). The number of unbranched alkanes of at least 4 members (excludes halogenated alkanes) is 4. The van der Waals surface area contributed by atoms with E-state index < -0.39 is 11.9 Å². The van der Waals surface area contributed by atoms with E-state index in [0.717, 1.165) is 62.5 Å². The fourth-order valence-electron chi connectivity index (χ4n) is 2.24. The fourth-order valence-corrected chi connectivity index (χ4v) is 2.24. The largest absolute Gasteiger partial charge is 1.00 e. The van der Waals surface area contributed by atoms with Crippen LogP contribution in [0.15, 0.2) is 12.2 Å². The summed E-state index contributed by atoms with van der Waals surface area (Å²) >= 11 is 0. The molecule has 0 atom stereocenters. The van der Waals surface area contributed by atoms with Gasteiger partial charge < -0.3 is 10.9 Å².